The molecule has 0 spiro atoms. The smallest absolute Gasteiger partial charge is 0.118 e. The molecular weight excluding hydrogens is 250 g/mol. The summed E-state index contributed by atoms with van der Waals surface area (Å²) in [5.74, 6) is 0. The summed E-state index contributed by atoms with van der Waals surface area (Å²) in [6.45, 7) is 0. The van der Waals surface area contributed by atoms with E-state index in [1.807, 2.05) is 30.3 Å². The molecule has 1 aromatic carbocycles. The largest absolute Gasteiger partial charge is 0.192 e. The first-order chi connectivity index (χ1) is 5.99. The van der Waals surface area contributed by atoms with Gasteiger partial charge in [0.2, 0.25) is 0 Å². The van der Waals surface area contributed by atoms with E-state index in [2.05, 4.69) is 0 Å². The molecule has 0 bridgehead atoms. The van der Waals surface area contributed by atoms with Crippen LogP contribution in [0.15, 0.2) is 30.3 Å². The zero-order valence-corrected chi connectivity index (χ0v) is 9.71. The highest BCUT2D eigenvalue weighted by Gasteiger charge is 2.24. The van der Waals surface area contributed by atoms with Crippen molar-refractivity contribution in [2.75, 3.05) is 0 Å². The highest BCUT2D eigenvalue weighted by molar-refractivity contribution is 6.67. The summed E-state index contributed by atoms with van der Waals surface area (Å²) in [7, 11) is 0. The van der Waals surface area contributed by atoms with Crippen LogP contribution in [0.5, 0.6) is 0 Å². The minimum atomic E-state index is -1.29. The Balaban J connectivity index is 2.64. The van der Waals surface area contributed by atoms with E-state index in [0.29, 0.717) is 6.42 Å². The lowest BCUT2D eigenvalue weighted by Crippen LogP contribution is -2.06. The van der Waals surface area contributed by atoms with Crippen molar-refractivity contribution >= 4 is 46.4 Å². The third-order valence-electron chi connectivity index (χ3n) is 1.57. The van der Waals surface area contributed by atoms with Crippen LogP contribution < -0.4 is 0 Å². The third-order valence-corrected chi connectivity index (χ3v) is 2.44. The molecule has 1 aromatic rings. The molecule has 4 heteroatoms. The van der Waals surface area contributed by atoms with E-state index in [0.717, 1.165) is 5.56 Å². The Hall–Kier alpha value is 0.380. The van der Waals surface area contributed by atoms with Crippen LogP contribution in [0.3, 0.4) is 0 Å². The summed E-state index contributed by atoms with van der Waals surface area (Å²) in [6, 6.07) is 9.55. The molecule has 0 aliphatic heterocycles. The van der Waals surface area contributed by atoms with Crippen LogP contribution in [-0.4, -0.2) is 3.79 Å². The summed E-state index contributed by atoms with van der Waals surface area (Å²) >= 11 is 22.9. The van der Waals surface area contributed by atoms with Crippen LogP contribution in [0.4, 0.5) is 0 Å². The van der Waals surface area contributed by atoms with Gasteiger partial charge in [-0.2, -0.15) is 0 Å². The first-order valence-electron chi connectivity index (χ1n) is 3.75. The number of hydrogen-bond donors (Lipinski definition) is 0. The lowest BCUT2D eigenvalue weighted by atomic mass is 10.1. The molecule has 0 N–H and O–H groups in total. The molecule has 0 saturated carbocycles. The molecule has 0 aliphatic rings. The molecule has 72 valence electrons. The average Bonchev–Trinajstić information content (AvgIpc) is 2.03. The molecule has 0 saturated heterocycles. The topological polar surface area (TPSA) is 0 Å². The number of rotatable bonds is 2. The van der Waals surface area contributed by atoms with E-state index in [-0.39, 0.29) is 5.38 Å². The molecule has 0 heterocycles. The van der Waals surface area contributed by atoms with Crippen molar-refractivity contribution in [2.24, 2.45) is 0 Å². The second kappa shape index (κ2) is 4.75. The van der Waals surface area contributed by atoms with Crippen molar-refractivity contribution in [3.05, 3.63) is 35.9 Å². The van der Waals surface area contributed by atoms with Crippen molar-refractivity contribution in [3.63, 3.8) is 0 Å². The SMILES string of the molecule is Cl[C@H](CC(Cl)(Cl)Cl)c1ccccc1. The van der Waals surface area contributed by atoms with Gasteiger partial charge in [-0.05, 0) is 5.56 Å². The van der Waals surface area contributed by atoms with Crippen molar-refractivity contribution in [1.29, 1.82) is 0 Å². The van der Waals surface area contributed by atoms with Gasteiger partial charge < -0.3 is 0 Å². The molecule has 0 fully saturated rings. The van der Waals surface area contributed by atoms with Crippen LogP contribution in [0, 0.1) is 0 Å². The Kier molecular flexibility index (Phi) is 4.18. The number of benzene rings is 1. The fourth-order valence-corrected chi connectivity index (χ4v) is 2.06. The Morgan fingerprint density at radius 2 is 1.62 bits per heavy atom. The first kappa shape index (κ1) is 11.5. The highest BCUT2D eigenvalue weighted by atomic mass is 35.6. The predicted octanol–water partition coefficient (Wildman–Crippen LogP) is 4.73. The second-order valence-electron chi connectivity index (χ2n) is 2.70. The predicted molar refractivity (Wildman–Crippen MR) is 59.9 cm³/mol. The van der Waals surface area contributed by atoms with Gasteiger partial charge in [-0.1, -0.05) is 65.1 Å². The standard InChI is InChI=1S/C9H8Cl4/c10-8(6-9(11,12)13)7-4-2-1-3-5-7/h1-5,8H,6H2/t8-/m1/s1. The fraction of sp³-hybridized carbons (Fsp3) is 0.333. The van der Waals surface area contributed by atoms with E-state index >= 15 is 0 Å². The molecular formula is C9H8Cl4. The van der Waals surface area contributed by atoms with Crippen molar-refractivity contribution < 1.29 is 0 Å². The second-order valence-corrected chi connectivity index (χ2v) is 5.74. The molecule has 1 rings (SSSR count). The highest BCUT2D eigenvalue weighted by Crippen LogP contribution is 2.39. The van der Waals surface area contributed by atoms with Crippen molar-refractivity contribution in [1.82, 2.24) is 0 Å². The Bertz CT molecular complexity index is 252. The van der Waals surface area contributed by atoms with E-state index in [4.69, 9.17) is 46.4 Å². The lowest BCUT2D eigenvalue weighted by molar-refractivity contribution is 0.821. The van der Waals surface area contributed by atoms with Gasteiger partial charge in [0.25, 0.3) is 0 Å². The summed E-state index contributed by atoms with van der Waals surface area (Å²) in [6.07, 6.45) is 0.309. The number of halogens is 4. The van der Waals surface area contributed by atoms with Crippen LogP contribution in [0.1, 0.15) is 17.4 Å². The van der Waals surface area contributed by atoms with Gasteiger partial charge in [-0.15, -0.1) is 11.6 Å². The van der Waals surface area contributed by atoms with Crippen LogP contribution in [-0.2, 0) is 0 Å². The van der Waals surface area contributed by atoms with Crippen LogP contribution >= 0.6 is 46.4 Å². The van der Waals surface area contributed by atoms with Gasteiger partial charge in [0.05, 0.1) is 5.38 Å². The molecule has 0 aromatic heterocycles. The maximum Gasteiger partial charge on any atom is 0.192 e. The van der Waals surface area contributed by atoms with E-state index in [1.165, 1.54) is 0 Å². The summed E-state index contributed by atoms with van der Waals surface area (Å²) < 4.78 is -1.29. The quantitative estimate of drug-likeness (QED) is 0.673. The zero-order valence-electron chi connectivity index (χ0n) is 6.68. The maximum atomic E-state index is 6.04. The van der Waals surface area contributed by atoms with E-state index in [1.54, 1.807) is 0 Å². The molecule has 0 radical (unpaired) electrons. The molecule has 0 amide bonds. The fourth-order valence-electron chi connectivity index (χ4n) is 0.983. The van der Waals surface area contributed by atoms with Gasteiger partial charge in [-0.3, -0.25) is 0 Å². The normalized spacial score (nSPS) is 14.2. The van der Waals surface area contributed by atoms with Crippen LogP contribution in [0.2, 0.25) is 0 Å². The monoisotopic (exact) mass is 256 g/mol. The lowest BCUT2D eigenvalue weighted by Gasteiger charge is -2.15. The molecule has 0 unspecified atom stereocenters. The molecule has 1 atom stereocenters. The Morgan fingerprint density at radius 1 is 1.08 bits per heavy atom. The summed E-state index contributed by atoms with van der Waals surface area (Å²) in [5.41, 5.74) is 0.968. The number of alkyl halides is 4. The van der Waals surface area contributed by atoms with Crippen molar-refractivity contribution in [3.8, 4) is 0 Å². The number of hydrogen-bond acceptors (Lipinski definition) is 0. The summed E-state index contributed by atoms with van der Waals surface area (Å²) in [4.78, 5) is 0. The van der Waals surface area contributed by atoms with E-state index in [9.17, 15) is 0 Å². The van der Waals surface area contributed by atoms with Crippen molar-refractivity contribution in [2.45, 2.75) is 15.6 Å². The van der Waals surface area contributed by atoms with Gasteiger partial charge in [0.1, 0.15) is 0 Å². The minimum absolute atomic E-state index is 0.256. The third kappa shape index (κ3) is 4.42. The van der Waals surface area contributed by atoms with Crippen LogP contribution in [0.25, 0.3) is 0 Å². The Morgan fingerprint density at radius 3 is 2.08 bits per heavy atom. The Labute approximate surface area is 97.7 Å². The average molecular weight is 258 g/mol. The van der Waals surface area contributed by atoms with Gasteiger partial charge in [0.15, 0.2) is 3.79 Å². The molecule has 13 heavy (non-hydrogen) atoms. The van der Waals surface area contributed by atoms with Gasteiger partial charge in [0, 0.05) is 6.42 Å². The zero-order chi connectivity index (χ0) is 9.90. The summed E-state index contributed by atoms with van der Waals surface area (Å²) in [5, 5.41) is -0.256. The molecule has 0 aliphatic carbocycles. The van der Waals surface area contributed by atoms with E-state index < -0.39 is 3.79 Å². The maximum absolute atomic E-state index is 6.04. The molecule has 0 nitrogen and oxygen atoms in total. The van der Waals surface area contributed by atoms with Gasteiger partial charge >= 0.3 is 0 Å². The minimum Gasteiger partial charge on any atom is -0.118 e. The first-order valence-corrected chi connectivity index (χ1v) is 5.32. The van der Waals surface area contributed by atoms with Gasteiger partial charge in [-0.25, -0.2) is 0 Å².